The van der Waals surface area contributed by atoms with E-state index in [0.29, 0.717) is 6.54 Å². The van der Waals surface area contributed by atoms with Crippen LogP contribution in [-0.4, -0.2) is 49.0 Å². The summed E-state index contributed by atoms with van der Waals surface area (Å²) in [7, 11) is 0. The number of ether oxygens (including phenoxy) is 1. The van der Waals surface area contributed by atoms with Gasteiger partial charge in [0.05, 0.1) is 19.3 Å². The fourth-order valence-corrected chi connectivity index (χ4v) is 3.44. The molecule has 1 saturated heterocycles. The van der Waals surface area contributed by atoms with Crippen molar-refractivity contribution in [2.24, 2.45) is 0 Å². The molecule has 1 fully saturated rings. The lowest BCUT2D eigenvalue weighted by atomic mass is 10.0. The van der Waals surface area contributed by atoms with Gasteiger partial charge in [0, 0.05) is 24.5 Å². The molecule has 1 atom stereocenters. The van der Waals surface area contributed by atoms with Crippen LogP contribution in [0.5, 0.6) is 0 Å². The van der Waals surface area contributed by atoms with Crippen molar-refractivity contribution in [1.82, 2.24) is 4.90 Å². The lowest BCUT2D eigenvalue weighted by Crippen LogP contribution is -2.40. The summed E-state index contributed by atoms with van der Waals surface area (Å²) < 4.78 is 5.35. The molecular weight excluding hydrogens is 294 g/mol. The maximum atomic E-state index is 10.5. The van der Waals surface area contributed by atoms with E-state index in [1.807, 2.05) is 30.3 Å². The summed E-state index contributed by atoms with van der Waals surface area (Å²) >= 11 is 1.70. The van der Waals surface area contributed by atoms with E-state index >= 15 is 0 Å². The maximum absolute atomic E-state index is 10.5. The number of aliphatic hydroxyl groups excluding tert-OH is 1. The second-order valence-corrected chi connectivity index (χ2v) is 6.35. The molecule has 1 N–H and O–H groups in total. The molecule has 1 aromatic heterocycles. The molecule has 0 saturated carbocycles. The normalized spacial score (nSPS) is 18.3. The van der Waals surface area contributed by atoms with Crippen molar-refractivity contribution in [3.05, 3.63) is 64.4 Å². The van der Waals surface area contributed by atoms with Crippen LogP contribution in [0.4, 0.5) is 0 Å². The van der Waals surface area contributed by atoms with Crippen LogP contribution in [0.15, 0.2) is 53.9 Å². The Morgan fingerprint density at radius 2 is 1.95 bits per heavy atom. The molecule has 0 spiro atoms. The molecule has 2 aromatic rings. The van der Waals surface area contributed by atoms with Gasteiger partial charge < -0.3 is 9.84 Å². The Morgan fingerprint density at radius 1 is 1.18 bits per heavy atom. The Labute approximate surface area is 135 Å². The molecule has 116 valence electrons. The third-order valence-corrected chi connectivity index (χ3v) is 4.68. The van der Waals surface area contributed by atoms with Gasteiger partial charge in [0.25, 0.3) is 0 Å². The molecule has 3 nitrogen and oxygen atoms in total. The number of hydrogen-bond donors (Lipinski definition) is 1. The predicted molar refractivity (Wildman–Crippen MR) is 91.1 cm³/mol. The zero-order valence-electron chi connectivity index (χ0n) is 12.5. The Bertz CT molecular complexity index is 589. The lowest BCUT2D eigenvalue weighted by molar-refractivity contribution is 0.0223. The Morgan fingerprint density at radius 3 is 2.64 bits per heavy atom. The van der Waals surface area contributed by atoms with Gasteiger partial charge in [0.1, 0.15) is 0 Å². The smallest absolute Gasteiger partial charge is 0.0857 e. The van der Waals surface area contributed by atoms with Crippen LogP contribution in [0.1, 0.15) is 10.4 Å². The topological polar surface area (TPSA) is 32.7 Å². The zero-order valence-corrected chi connectivity index (χ0v) is 13.3. The maximum Gasteiger partial charge on any atom is 0.0857 e. The third kappa shape index (κ3) is 4.05. The first kappa shape index (κ1) is 15.4. The van der Waals surface area contributed by atoms with Crippen LogP contribution in [0, 0.1) is 0 Å². The van der Waals surface area contributed by atoms with Crippen molar-refractivity contribution in [2.75, 3.05) is 32.8 Å². The van der Waals surface area contributed by atoms with E-state index in [0.717, 1.165) is 37.4 Å². The van der Waals surface area contributed by atoms with Crippen LogP contribution in [0.3, 0.4) is 0 Å². The fraction of sp³-hybridized carbons (Fsp3) is 0.333. The first-order valence-electron chi connectivity index (χ1n) is 7.62. The SMILES string of the molecule is OC(/C=C(\c1ccccc1)c1cccs1)CN1CCOCC1. The highest BCUT2D eigenvalue weighted by molar-refractivity contribution is 7.11. The predicted octanol–water partition coefficient (Wildman–Crippen LogP) is 2.87. The van der Waals surface area contributed by atoms with Crippen LogP contribution < -0.4 is 0 Å². The minimum Gasteiger partial charge on any atom is -0.388 e. The molecule has 1 aliphatic rings. The third-order valence-electron chi connectivity index (χ3n) is 3.78. The highest BCUT2D eigenvalue weighted by Gasteiger charge is 2.15. The van der Waals surface area contributed by atoms with Gasteiger partial charge in [-0.05, 0) is 28.7 Å². The molecule has 4 heteroatoms. The van der Waals surface area contributed by atoms with Gasteiger partial charge in [0.15, 0.2) is 0 Å². The number of aliphatic hydroxyl groups is 1. The molecule has 1 aliphatic heterocycles. The number of nitrogens with zero attached hydrogens (tertiary/aromatic N) is 1. The van der Waals surface area contributed by atoms with Crippen LogP contribution in [0.25, 0.3) is 5.57 Å². The van der Waals surface area contributed by atoms with Crippen LogP contribution in [-0.2, 0) is 4.74 Å². The summed E-state index contributed by atoms with van der Waals surface area (Å²) in [6, 6.07) is 14.4. The molecule has 1 unspecified atom stereocenters. The molecule has 0 aliphatic carbocycles. The number of thiophene rings is 1. The largest absolute Gasteiger partial charge is 0.388 e. The van der Waals surface area contributed by atoms with Crippen LogP contribution in [0.2, 0.25) is 0 Å². The van der Waals surface area contributed by atoms with Crippen molar-refractivity contribution >= 4 is 16.9 Å². The van der Waals surface area contributed by atoms with Gasteiger partial charge in [-0.2, -0.15) is 0 Å². The first-order chi connectivity index (χ1) is 10.8. The van der Waals surface area contributed by atoms with Gasteiger partial charge in [-0.15, -0.1) is 11.3 Å². The monoisotopic (exact) mass is 315 g/mol. The van der Waals surface area contributed by atoms with Crippen molar-refractivity contribution in [1.29, 1.82) is 0 Å². The molecule has 1 aromatic carbocycles. The number of morpholine rings is 1. The van der Waals surface area contributed by atoms with Gasteiger partial charge in [-0.3, -0.25) is 4.90 Å². The number of benzene rings is 1. The van der Waals surface area contributed by atoms with Crippen molar-refractivity contribution < 1.29 is 9.84 Å². The minimum absolute atomic E-state index is 0.476. The average molecular weight is 315 g/mol. The van der Waals surface area contributed by atoms with Gasteiger partial charge in [-0.1, -0.05) is 36.4 Å². The fourth-order valence-electron chi connectivity index (χ4n) is 2.66. The van der Waals surface area contributed by atoms with Crippen molar-refractivity contribution in [3.8, 4) is 0 Å². The summed E-state index contributed by atoms with van der Waals surface area (Å²) in [4.78, 5) is 3.44. The summed E-state index contributed by atoms with van der Waals surface area (Å²) in [6.07, 6.45) is 1.51. The van der Waals surface area contributed by atoms with E-state index in [9.17, 15) is 5.11 Å². The molecular formula is C18H21NO2S. The van der Waals surface area contributed by atoms with Gasteiger partial charge in [0.2, 0.25) is 0 Å². The molecule has 0 amide bonds. The second-order valence-electron chi connectivity index (χ2n) is 5.40. The van der Waals surface area contributed by atoms with Gasteiger partial charge >= 0.3 is 0 Å². The Balaban J connectivity index is 1.79. The number of rotatable bonds is 5. The molecule has 0 radical (unpaired) electrons. The zero-order chi connectivity index (χ0) is 15.2. The van der Waals surface area contributed by atoms with Crippen molar-refractivity contribution in [2.45, 2.75) is 6.10 Å². The van der Waals surface area contributed by atoms with Gasteiger partial charge in [-0.25, -0.2) is 0 Å². The Kier molecular flexibility index (Phi) is 5.40. The Hall–Kier alpha value is -1.46. The molecule has 3 rings (SSSR count). The second kappa shape index (κ2) is 7.70. The standard InChI is InChI=1S/C18H21NO2S/c20-16(14-19-8-10-21-11-9-19)13-17(18-7-4-12-22-18)15-5-2-1-3-6-15/h1-7,12-13,16,20H,8-11,14H2/b17-13+. The lowest BCUT2D eigenvalue weighted by Gasteiger charge is -2.28. The highest BCUT2D eigenvalue weighted by atomic mass is 32.1. The molecule has 0 bridgehead atoms. The van der Waals surface area contributed by atoms with Crippen LogP contribution >= 0.6 is 11.3 Å². The minimum atomic E-state index is -0.476. The van der Waals surface area contributed by atoms with E-state index in [4.69, 9.17) is 4.74 Å². The highest BCUT2D eigenvalue weighted by Crippen LogP contribution is 2.27. The summed E-state index contributed by atoms with van der Waals surface area (Å²) in [5, 5.41) is 12.5. The average Bonchev–Trinajstić information content (AvgIpc) is 3.08. The number of hydrogen-bond acceptors (Lipinski definition) is 4. The molecule has 2 heterocycles. The van der Waals surface area contributed by atoms with E-state index in [2.05, 4.69) is 28.5 Å². The summed E-state index contributed by atoms with van der Waals surface area (Å²) in [6.45, 7) is 3.96. The summed E-state index contributed by atoms with van der Waals surface area (Å²) in [5.74, 6) is 0. The van der Waals surface area contributed by atoms with E-state index in [1.165, 1.54) is 4.88 Å². The van der Waals surface area contributed by atoms with Crippen molar-refractivity contribution in [3.63, 3.8) is 0 Å². The van der Waals surface area contributed by atoms with E-state index in [1.54, 1.807) is 11.3 Å². The molecule has 22 heavy (non-hydrogen) atoms. The van der Waals surface area contributed by atoms with E-state index in [-0.39, 0.29) is 0 Å². The summed E-state index contributed by atoms with van der Waals surface area (Å²) in [5.41, 5.74) is 2.25. The quantitative estimate of drug-likeness (QED) is 0.921. The number of β-amino-alcohol motifs (C(OH)–C–C–N with tert-alkyl or cyclic N) is 1. The van der Waals surface area contributed by atoms with E-state index < -0.39 is 6.10 Å². The first-order valence-corrected chi connectivity index (χ1v) is 8.50.